The summed E-state index contributed by atoms with van der Waals surface area (Å²) < 4.78 is 5.50. The minimum atomic E-state index is 0.0103. The number of hydrogen-bond donors (Lipinski definition) is 2. The van der Waals surface area contributed by atoms with Gasteiger partial charge in [0.15, 0.2) is 0 Å². The number of ether oxygens (including phenoxy) is 1. The monoisotopic (exact) mass is 294 g/mol. The Morgan fingerprint density at radius 2 is 1.95 bits per heavy atom. The molecule has 0 aliphatic rings. The van der Waals surface area contributed by atoms with Crippen LogP contribution in [0.5, 0.6) is 6.01 Å². The summed E-state index contributed by atoms with van der Waals surface area (Å²) in [5, 5.41) is 9.06. The Bertz CT molecular complexity index is 571. The van der Waals surface area contributed by atoms with E-state index in [9.17, 15) is 0 Å². The molecule has 2 aromatic rings. The zero-order valence-corrected chi connectivity index (χ0v) is 12.8. The molecule has 2 rings (SSSR count). The highest BCUT2D eigenvalue weighted by Crippen LogP contribution is 2.14. The van der Waals surface area contributed by atoms with Crippen LogP contribution < -0.4 is 15.4 Å². The highest BCUT2D eigenvalue weighted by Gasteiger charge is 2.08. The molecule has 0 radical (unpaired) electrons. The number of anilines is 2. The standard InChI is InChI=1S/C12H18N6OS/c1-7(2)19-12-17-10(13-4)16-11(18-12)14-5-9-6-20-8(3)15-9/h6-7H,5H2,1-4H3,(H2,13,14,16,17,18). The Hall–Kier alpha value is -1.96. The summed E-state index contributed by atoms with van der Waals surface area (Å²) >= 11 is 1.62. The molecule has 0 atom stereocenters. The maximum atomic E-state index is 5.50. The minimum Gasteiger partial charge on any atom is -0.461 e. The molecule has 0 unspecified atom stereocenters. The summed E-state index contributed by atoms with van der Waals surface area (Å²) in [7, 11) is 1.75. The summed E-state index contributed by atoms with van der Waals surface area (Å²) in [5.41, 5.74) is 0.963. The molecule has 0 aliphatic carbocycles. The van der Waals surface area contributed by atoms with Gasteiger partial charge in [0.05, 0.1) is 23.4 Å². The summed E-state index contributed by atoms with van der Waals surface area (Å²) in [6, 6.07) is 0.302. The Morgan fingerprint density at radius 3 is 2.55 bits per heavy atom. The van der Waals surface area contributed by atoms with Crippen LogP contribution >= 0.6 is 11.3 Å². The molecule has 0 spiro atoms. The Kier molecular flexibility index (Phi) is 4.67. The molecule has 2 heterocycles. The van der Waals surface area contributed by atoms with Crippen LogP contribution in [0.3, 0.4) is 0 Å². The van der Waals surface area contributed by atoms with Gasteiger partial charge in [0, 0.05) is 12.4 Å². The Balaban J connectivity index is 2.09. The predicted octanol–water partition coefficient (Wildman–Crippen LogP) is 2.08. The maximum absolute atomic E-state index is 5.50. The summed E-state index contributed by atoms with van der Waals surface area (Å²) in [6.07, 6.45) is 0.0103. The Labute approximate surface area is 121 Å². The van der Waals surface area contributed by atoms with E-state index in [0.29, 0.717) is 24.5 Å². The number of thiazole rings is 1. The third kappa shape index (κ3) is 4.02. The van der Waals surface area contributed by atoms with E-state index in [0.717, 1.165) is 10.7 Å². The maximum Gasteiger partial charge on any atom is 0.323 e. The molecule has 7 nitrogen and oxygen atoms in total. The van der Waals surface area contributed by atoms with Crippen molar-refractivity contribution in [2.75, 3.05) is 17.7 Å². The second-order valence-corrected chi connectivity index (χ2v) is 5.46. The molecule has 108 valence electrons. The van der Waals surface area contributed by atoms with E-state index in [1.54, 1.807) is 18.4 Å². The number of rotatable bonds is 6. The molecular formula is C12H18N6OS. The minimum absolute atomic E-state index is 0.0103. The van der Waals surface area contributed by atoms with Crippen LogP contribution in [0.2, 0.25) is 0 Å². The van der Waals surface area contributed by atoms with Crippen molar-refractivity contribution in [2.24, 2.45) is 0 Å². The van der Waals surface area contributed by atoms with Crippen molar-refractivity contribution < 1.29 is 4.74 Å². The fraction of sp³-hybridized carbons (Fsp3) is 0.500. The molecule has 0 saturated carbocycles. The quantitative estimate of drug-likeness (QED) is 0.843. The van der Waals surface area contributed by atoms with Gasteiger partial charge < -0.3 is 15.4 Å². The largest absolute Gasteiger partial charge is 0.461 e. The van der Waals surface area contributed by atoms with E-state index >= 15 is 0 Å². The van der Waals surface area contributed by atoms with E-state index in [4.69, 9.17) is 4.74 Å². The zero-order chi connectivity index (χ0) is 14.5. The van der Waals surface area contributed by atoms with Crippen LogP contribution in [0.4, 0.5) is 11.9 Å². The average molecular weight is 294 g/mol. The van der Waals surface area contributed by atoms with Crippen molar-refractivity contribution in [3.8, 4) is 6.01 Å². The van der Waals surface area contributed by atoms with Crippen molar-refractivity contribution in [3.05, 3.63) is 16.1 Å². The molecule has 0 amide bonds. The van der Waals surface area contributed by atoms with Gasteiger partial charge in [-0.3, -0.25) is 0 Å². The summed E-state index contributed by atoms with van der Waals surface area (Å²) in [4.78, 5) is 17.0. The highest BCUT2D eigenvalue weighted by molar-refractivity contribution is 7.09. The molecule has 0 aliphatic heterocycles. The molecular weight excluding hydrogens is 276 g/mol. The molecule has 2 N–H and O–H groups in total. The van der Waals surface area contributed by atoms with Gasteiger partial charge in [-0.1, -0.05) is 0 Å². The second kappa shape index (κ2) is 6.47. The smallest absolute Gasteiger partial charge is 0.323 e. The van der Waals surface area contributed by atoms with Gasteiger partial charge in [-0.2, -0.15) is 15.0 Å². The first kappa shape index (κ1) is 14.4. The zero-order valence-electron chi connectivity index (χ0n) is 12.0. The fourth-order valence-corrected chi connectivity index (χ4v) is 2.08. The van der Waals surface area contributed by atoms with Crippen LogP contribution in [0.1, 0.15) is 24.5 Å². The van der Waals surface area contributed by atoms with Crippen LogP contribution in [-0.2, 0) is 6.54 Å². The van der Waals surface area contributed by atoms with Gasteiger partial charge in [-0.25, -0.2) is 4.98 Å². The van der Waals surface area contributed by atoms with Crippen LogP contribution in [0.25, 0.3) is 0 Å². The van der Waals surface area contributed by atoms with E-state index in [1.807, 2.05) is 26.2 Å². The van der Waals surface area contributed by atoms with Gasteiger partial charge in [-0.15, -0.1) is 11.3 Å². The second-order valence-electron chi connectivity index (χ2n) is 4.39. The van der Waals surface area contributed by atoms with Crippen molar-refractivity contribution in [2.45, 2.75) is 33.4 Å². The Morgan fingerprint density at radius 1 is 1.20 bits per heavy atom. The van der Waals surface area contributed by atoms with Crippen molar-refractivity contribution in [1.82, 2.24) is 19.9 Å². The van der Waals surface area contributed by atoms with Gasteiger partial charge >= 0.3 is 6.01 Å². The molecule has 8 heteroatoms. The average Bonchev–Trinajstić information content (AvgIpc) is 2.81. The van der Waals surface area contributed by atoms with E-state index in [1.165, 1.54) is 0 Å². The van der Waals surface area contributed by atoms with Crippen molar-refractivity contribution in [3.63, 3.8) is 0 Å². The van der Waals surface area contributed by atoms with Gasteiger partial charge in [0.25, 0.3) is 0 Å². The topological polar surface area (TPSA) is 84.9 Å². The number of nitrogens with one attached hydrogen (secondary N) is 2. The summed E-state index contributed by atoms with van der Waals surface area (Å²) in [6.45, 7) is 6.39. The fourth-order valence-electron chi connectivity index (χ4n) is 1.47. The van der Waals surface area contributed by atoms with Gasteiger partial charge in [0.2, 0.25) is 11.9 Å². The van der Waals surface area contributed by atoms with Gasteiger partial charge in [-0.05, 0) is 20.8 Å². The number of aromatic nitrogens is 4. The SMILES string of the molecule is CNc1nc(NCc2csc(C)n2)nc(OC(C)C)n1. The lowest BCUT2D eigenvalue weighted by Crippen LogP contribution is -2.13. The van der Waals surface area contributed by atoms with Crippen molar-refractivity contribution >= 4 is 23.2 Å². The van der Waals surface area contributed by atoms with Crippen LogP contribution in [-0.4, -0.2) is 33.1 Å². The van der Waals surface area contributed by atoms with E-state index in [2.05, 4.69) is 30.6 Å². The molecule has 0 aromatic carbocycles. The third-order valence-corrected chi connectivity index (χ3v) is 3.10. The van der Waals surface area contributed by atoms with Crippen molar-refractivity contribution in [1.29, 1.82) is 0 Å². The molecule has 0 bridgehead atoms. The van der Waals surface area contributed by atoms with Gasteiger partial charge in [0.1, 0.15) is 0 Å². The lowest BCUT2D eigenvalue weighted by atomic mass is 10.5. The lowest BCUT2D eigenvalue weighted by Gasteiger charge is -2.10. The van der Waals surface area contributed by atoms with Crippen LogP contribution in [0.15, 0.2) is 5.38 Å². The first-order valence-electron chi connectivity index (χ1n) is 6.32. The third-order valence-electron chi connectivity index (χ3n) is 2.27. The van der Waals surface area contributed by atoms with E-state index < -0.39 is 0 Å². The lowest BCUT2D eigenvalue weighted by molar-refractivity contribution is 0.222. The molecule has 0 fully saturated rings. The number of hydrogen-bond acceptors (Lipinski definition) is 8. The van der Waals surface area contributed by atoms with Crippen LogP contribution in [0, 0.1) is 6.92 Å². The van der Waals surface area contributed by atoms with E-state index in [-0.39, 0.29) is 6.10 Å². The molecule has 2 aromatic heterocycles. The first-order chi connectivity index (χ1) is 9.56. The molecule has 20 heavy (non-hydrogen) atoms. The number of nitrogens with zero attached hydrogens (tertiary/aromatic N) is 4. The molecule has 0 saturated heterocycles. The highest BCUT2D eigenvalue weighted by atomic mass is 32.1. The first-order valence-corrected chi connectivity index (χ1v) is 7.20. The summed E-state index contributed by atoms with van der Waals surface area (Å²) in [5.74, 6) is 0.929. The normalized spacial score (nSPS) is 10.7. The predicted molar refractivity (Wildman–Crippen MR) is 79.3 cm³/mol. The number of aryl methyl sites for hydroxylation is 1.